The maximum absolute atomic E-state index is 12.5. The van der Waals surface area contributed by atoms with Gasteiger partial charge in [0.2, 0.25) is 0 Å². The van der Waals surface area contributed by atoms with Crippen LogP contribution in [0.1, 0.15) is 24.2 Å². The molecule has 0 radical (unpaired) electrons. The van der Waals surface area contributed by atoms with E-state index in [2.05, 4.69) is 10.0 Å². The van der Waals surface area contributed by atoms with Crippen molar-refractivity contribution in [2.75, 3.05) is 18.4 Å². The van der Waals surface area contributed by atoms with E-state index in [0.717, 1.165) is 0 Å². The molecule has 150 valence electrons. The monoisotopic (exact) mass is 406 g/mol. The molecule has 2 N–H and O–H groups in total. The Kier molecular flexibility index (Phi) is 7.00. The number of ether oxygens (including phenoxy) is 2. The maximum Gasteiger partial charge on any atom is 0.338 e. The van der Waals surface area contributed by atoms with Crippen molar-refractivity contribution in [3.63, 3.8) is 0 Å². The van der Waals surface area contributed by atoms with E-state index in [0.29, 0.717) is 18.0 Å². The smallest absolute Gasteiger partial charge is 0.338 e. The summed E-state index contributed by atoms with van der Waals surface area (Å²) in [6.07, 6.45) is -0.956. The molecule has 28 heavy (non-hydrogen) atoms. The zero-order chi connectivity index (χ0) is 20.7. The molecule has 0 heterocycles. The standard InChI is InChI=1S/C19H22N2O6S/c1-4-26-16-9-7-15(8-10-16)21-28(24,25)17-11-5-14(6-12-17)19(23)27-13(2)18(22)20-3/h5-13,21H,4H2,1-3H3,(H,20,22)/t13-/m0/s1. The molecule has 1 atom stereocenters. The van der Waals surface area contributed by atoms with Crippen molar-refractivity contribution in [2.45, 2.75) is 24.8 Å². The molecule has 0 bridgehead atoms. The zero-order valence-corrected chi connectivity index (χ0v) is 16.6. The molecule has 0 saturated heterocycles. The van der Waals surface area contributed by atoms with Gasteiger partial charge in [0.05, 0.1) is 17.1 Å². The van der Waals surface area contributed by atoms with Crippen molar-refractivity contribution in [3.8, 4) is 5.75 Å². The molecule has 0 aliphatic heterocycles. The van der Waals surface area contributed by atoms with Gasteiger partial charge in [0, 0.05) is 12.7 Å². The van der Waals surface area contributed by atoms with Crippen molar-refractivity contribution in [1.82, 2.24) is 5.32 Å². The van der Waals surface area contributed by atoms with Gasteiger partial charge in [-0.15, -0.1) is 0 Å². The van der Waals surface area contributed by atoms with E-state index in [9.17, 15) is 18.0 Å². The third-order valence-corrected chi connectivity index (χ3v) is 5.11. The summed E-state index contributed by atoms with van der Waals surface area (Å²) >= 11 is 0. The van der Waals surface area contributed by atoms with Gasteiger partial charge in [-0.2, -0.15) is 0 Å². The van der Waals surface area contributed by atoms with Gasteiger partial charge in [0.25, 0.3) is 15.9 Å². The Morgan fingerprint density at radius 2 is 1.64 bits per heavy atom. The average Bonchev–Trinajstić information content (AvgIpc) is 2.68. The van der Waals surface area contributed by atoms with Crippen molar-refractivity contribution >= 4 is 27.6 Å². The lowest BCUT2D eigenvalue weighted by atomic mass is 10.2. The van der Waals surface area contributed by atoms with Gasteiger partial charge in [-0.1, -0.05) is 0 Å². The number of carbonyl (C=O) groups excluding carboxylic acids is 2. The van der Waals surface area contributed by atoms with Crippen LogP contribution in [0.5, 0.6) is 5.75 Å². The van der Waals surface area contributed by atoms with Crippen molar-refractivity contribution in [3.05, 3.63) is 54.1 Å². The maximum atomic E-state index is 12.5. The minimum Gasteiger partial charge on any atom is -0.494 e. The predicted octanol–water partition coefficient (Wildman–Crippen LogP) is 2.18. The first-order valence-corrected chi connectivity index (χ1v) is 10.0. The highest BCUT2D eigenvalue weighted by Crippen LogP contribution is 2.20. The van der Waals surface area contributed by atoms with Crippen LogP contribution < -0.4 is 14.8 Å². The second-order valence-electron chi connectivity index (χ2n) is 5.75. The summed E-state index contributed by atoms with van der Waals surface area (Å²) in [7, 11) is -2.39. The molecule has 0 aliphatic carbocycles. The highest BCUT2D eigenvalue weighted by Gasteiger charge is 2.19. The zero-order valence-electron chi connectivity index (χ0n) is 15.8. The SMILES string of the molecule is CCOc1ccc(NS(=O)(=O)c2ccc(C(=O)O[C@@H](C)C(=O)NC)cc2)cc1. The van der Waals surface area contributed by atoms with Gasteiger partial charge in [-0.3, -0.25) is 9.52 Å². The van der Waals surface area contributed by atoms with Crippen molar-refractivity contribution < 1.29 is 27.5 Å². The van der Waals surface area contributed by atoms with Gasteiger partial charge < -0.3 is 14.8 Å². The molecule has 9 heteroatoms. The summed E-state index contributed by atoms with van der Waals surface area (Å²) in [5.74, 6) is -0.522. The second-order valence-corrected chi connectivity index (χ2v) is 7.43. The fourth-order valence-electron chi connectivity index (χ4n) is 2.26. The molecular formula is C19H22N2O6S. The molecule has 0 aliphatic rings. The Balaban J connectivity index is 2.08. The van der Waals surface area contributed by atoms with Crippen LogP contribution in [0.15, 0.2) is 53.4 Å². The molecule has 0 aromatic heterocycles. The van der Waals surface area contributed by atoms with Gasteiger partial charge in [-0.05, 0) is 62.4 Å². The Bertz CT molecular complexity index is 924. The summed E-state index contributed by atoms with van der Waals surface area (Å²) < 4.78 is 37.8. The summed E-state index contributed by atoms with van der Waals surface area (Å²) in [6.45, 7) is 3.81. The third-order valence-electron chi connectivity index (χ3n) is 3.72. The Morgan fingerprint density at radius 1 is 1.04 bits per heavy atom. The molecule has 8 nitrogen and oxygen atoms in total. The highest BCUT2D eigenvalue weighted by molar-refractivity contribution is 7.92. The van der Waals surface area contributed by atoms with E-state index in [1.165, 1.54) is 38.2 Å². The van der Waals surface area contributed by atoms with Gasteiger partial charge in [-0.25, -0.2) is 13.2 Å². The van der Waals surface area contributed by atoms with Gasteiger partial charge in [0.15, 0.2) is 6.10 Å². The van der Waals surface area contributed by atoms with E-state index in [4.69, 9.17) is 9.47 Å². The van der Waals surface area contributed by atoms with Crippen LogP contribution in [0, 0.1) is 0 Å². The van der Waals surface area contributed by atoms with E-state index in [1.54, 1.807) is 24.3 Å². The largest absolute Gasteiger partial charge is 0.494 e. The molecule has 0 unspecified atom stereocenters. The number of benzene rings is 2. The van der Waals surface area contributed by atoms with Crippen LogP contribution in [0.2, 0.25) is 0 Å². The number of amides is 1. The van der Waals surface area contributed by atoms with Crippen LogP contribution >= 0.6 is 0 Å². The molecule has 0 spiro atoms. The topological polar surface area (TPSA) is 111 Å². The van der Waals surface area contributed by atoms with Crippen LogP contribution in [-0.4, -0.2) is 40.1 Å². The molecular weight excluding hydrogens is 384 g/mol. The Hall–Kier alpha value is -3.07. The van der Waals surface area contributed by atoms with E-state index in [1.807, 2.05) is 6.92 Å². The normalized spacial score (nSPS) is 12.0. The van der Waals surface area contributed by atoms with E-state index in [-0.39, 0.29) is 10.5 Å². The molecule has 1 amide bonds. The number of rotatable bonds is 8. The number of hydrogen-bond donors (Lipinski definition) is 2. The summed E-state index contributed by atoms with van der Waals surface area (Å²) in [5.41, 5.74) is 0.516. The first kappa shape index (κ1) is 21.2. The number of nitrogens with one attached hydrogen (secondary N) is 2. The van der Waals surface area contributed by atoms with Gasteiger partial charge >= 0.3 is 5.97 Å². The van der Waals surface area contributed by atoms with E-state index >= 15 is 0 Å². The van der Waals surface area contributed by atoms with Gasteiger partial charge in [0.1, 0.15) is 5.75 Å². The third kappa shape index (κ3) is 5.46. The minimum absolute atomic E-state index is 0.0164. The van der Waals surface area contributed by atoms with Crippen LogP contribution in [0.25, 0.3) is 0 Å². The summed E-state index contributed by atoms with van der Waals surface area (Å²) in [4.78, 5) is 23.4. The Morgan fingerprint density at radius 3 is 2.18 bits per heavy atom. The number of hydrogen-bond acceptors (Lipinski definition) is 6. The predicted molar refractivity (Wildman–Crippen MR) is 104 cm³/mol. The number of likely N-dealkylation sites (N-methyl/N-ethyl adjacent to an activating group) is 1. The van der Waals surface area contributed by atoms with E-state index < -0.39 is 28.0 Å². The molecule has 2 aromatic carbocycles. The first-order valence-electron chi connectivity index (χ1n) is 8.55. The molecule has 0 saturated carbocycles. The first-order chi connectivity index (χ1) is 13.3. The second kappa shape index (κ2) is 9.23. The minimum atomic E-state index is -3.83. The lowest BCUT2D eigenvalue weighted by molar-refractivity contribution is -0.128. The molecule has 2 rings (SSSR count). The number of carbonyl (C=O) groups is 2. The van der Waals surface area contributed by atoms with Crippen LogP contribution in [-0.2, 0) is 19.6 Å². The lowest BCUT2D eigenvalue weighted by Gasteiger charge is -2.12. The van der Waals surface area contributed by atoms with Crippen molar-refractivity contribution in [2.24, 2.45) is 0 Å². The number of esters is 1. The number of sulfonamides is 1. The highest BCUT2D eigenvalue weighted by atomic mass is 32.2. The fourth-order valence-corrected chi connectivity index (χ4v) is 3.31. The summed E-state index contributed by atoms with van der Waals surface area (Å²) in [6, 6.07) is 11.7. The molecule has 0 fully saturated rings. The fraction of sp³-hybridized carbons (Fsp3) is 0.263. The Labute approximate surface area is 163 Å². The summed E-state index contributed by atoms with van der Waals surface area (Å²) in [5, 5.41) is 2.37. The average molecular weight is 406 g/mol. The lowest BCUT2D eigenvalue weighted by Crippen LogP contribution is -2.33. The number of anilines is 1. The van der Waals surface area contributed by atoms with Crippen LogP contribution in [0.4, 0.5) is 5.69 Å². The quantitative estimate of drug-likeness (QED) is 0.650. The molecule has 2 aromatic rings. The van der Waals surface area contributed by atoms with Crippen LogP contribution in [0.3, 0.4) is 0 Å². The van der Waals surface area contributed by atoms with Crippen molar-refractivity contribution in [1.29, 1.82) is 0 Å².